The summed E-state index contributed by atoms with van der Waals surface area (Å²) in [6.07, 6.45) is 9.87. The minimum Gasteiger partial charge on any atom is -0.508 e. The minimum atomic E-state index is -1.29. The Morgan fingerprint density at radius 3 is 0.925 bits per heavy atom. The molecule has 32 N–H and O–H groups in total. The number of fused-ring (bicyclic) bond motifs is 2. The predicted octanol–water partition coefficient (Wildman–Crippen LogP) is 1.59. The van der Waals surface area contributed by atoms with Gasteiger partial charge in [0.1, 0.15) is 59.8 Å². The van der Waals surface area contributed by atoms with Gasteiger partial charge in [-0.25, -0.2) is 0 Å². The molecule has 2 aliphatic heterocycles. The van der Waals surface area contributed by atoms with Gasteiger partial charge in [-0.3, -0.25) is 80.4 Å². The van der Waals surface area contributed by atoms with Gasteiger partial charge in [-0.1, -0.05) is 154 Å². The van der Waals surface area contributed by atoms with Gasteiger partial charge >= 0.3 is 0 Å². The molecule has 133 heavy (non-hydrogen) atoms. The van der Waals surface area contributed by atoms with E-state index in [9.17, 15) is 39.0 Å². The first-order valence-corrected chi connectivity index (χ1v) is 46.0. The highest BCUT2D eigenvalue weighted by atomic mass is 16.3. The number of benzene rings is 6. The second-order valence-electron chi connectivity index (χ2n) is 33.5. The minimum absolute atomic E-state index is 0.00773. The number of carbonyl (C=O) groups is 10. The van der Waals surface area contributed by atoms with Crippen LogP contribution in [0.25, 0.3) is 21.5 Å². The summed E-state index contributed by atoms with van der Waals surface area (Å²) in [6, 6.07) is 28.8. The van der Waals surface area contributed by atoms with Crippen LogP contribution in [-0.2, 0) is 73.6 Å². The summed E-state index contributed by atoms with van der Waals surface area (Å²) in [5.74, 6) is -7.77. The number of nitrogens with two attached hydrogens (primary N) is 4. The molecule has 2 heterocycles. The maximum atomic E-state index is 15.4. The van der Waals surface area contributed by atoms with Gasteiger partial charge < -0.3 is 128 Å². The SMILES string of the molecule is N=C(N)NCCC[C@@H]1NC(=O)[C@@H](CCCNC(=N)N)N(CCCCCCNC(=N)NCCCCCCCNC(=N)NCCCCCCN2C(=O)[C@@H](Cc3ccc(O)cc3)NC(=O)CNC(=O)[C@H](Cc3ccc4ccccc4c3)NC(=O)[C@H](CCCNC(=N)N)NC(=O)[C@H]2CCCNC(=N)N)C(=O)[C@@H](Cc2ccc(O)cc2)NC(=O)CNC(=O)[C@H](Cc2ccc3ccccc3c2)NC1=O. The number of phenolic OH excluding ortho intramolecular Hbond substituents is 2. The molecule has 0 bridgehead atoms. The fraction of sp³-hybridized carbons (Fsp3) is 0.484. The standard InChI is InChI=1S/C93H136N28O12/c94-88(95)104-46-18-26-70-82(128)118-72(56-62-30-36-64-22-8-10-24-66(64)52-62)80(126)112-58-78(124)114-74(54-60-32-38-68(122)39-33-60)86(132)120(76(84(130)116-70)28-20-48-106-90(98)99)50-16-6-4-14-44-110-92(102)108-42-12-2-1-3-13-43-109-93(103)111-45-15-5-7-17-51-121-77(29-21-49-107-91(100)101)85(131)117-71(27-19-47-105-89(96)97)83(129)119-73(57-63-31-37-65-23-9-11-25-67(65)53-63)81(127)113-59-79(125)115-75(87(121)133)55-61-34-40-69(123)41-35-61/h8-11,22-25,30-41,52-53,70-77,122-123H,1-7,12-21,26-29,42-51,54-59H2,(H,112,126)(H,113,127)(H,114,124)(H,115,125)(H,116,130)(H,117,131)(H,118,128)(H,119,129)(H4,94,95,104)(H4,96,97,105)(H4,98,99,106)(H4,100,101,107)(H3,102,108,110)(H3,103,109,111)/t70-,71-,72-,73-,74+,75+,76+,77+/m0/s1. The summed E-state index contributed by atoms with van der Waals surface area (Å²) in [7, 11) is 0. The molecule has 40 nitrogen and oxygen atoms in total. The van der Waals surface area contributed by atoms with Crippen molar-refractivity contribution in [2.24, 2.45) is 22.9 Å². The van der Waals surface area contributed by atoms with Gasteiger partial charge in [0.15, 0.2) is 35.8 Å². The Labute approximate surface area is 775 Å². The van der Waals surface area contributed by atoms with Crippen molar-refractivity contribution < 1.29 is 58.2 Å². The molecule has 10 amide bonds. The van der Waals surface area contributed by atoms with E-state index in [0.29, 0.717) is 99.8 Å². The molecule has 0 spiro atoms. The number of nitrogens with one attached hydrogen (secondary N) is 22. The molecule has 0 aliphatic carbocycles. The van der Waals surface area contributed by atoms with Gasteiger partial charge in [0.05, 0.1) is 13.1 Å². The lowest BCUT2D eigenvalue weighted by Gasteiger charge is -2.35. The Kier molecular flexibility index (Phi) is 44.1. The van der Waals surface area contributed by atoms with Crippen molar-refractivity contribution in [1.82, 2.24) is 94.9 Å². The highest BCUT2D eigenvalue weighted by Gasteiger charge is 2.40. The first-order valence-electron chi connectivity index (χ1n) is 46.0. The van der Waals surface area contributed by atoms with Crippen LogP contribution in [0.4, 0.5) is 0 Å². The Balaban J connectivity index is 0.798. The van der Waals surface area contributed by atoms with E-state index in [1.54, 1.807) is 24.3 Å². The van der Waals surface area contributed by atoms with Crippen molar-refractivity contribution in [3.05, 3.63) is 156 Å². The molecular formula is C93H136N28O12. The summed E-state index contributed by atoms with van der Waals surface area (Å²) < 4.78 is 0. The predicted molar refractivity (Wildman–Crippen MR) is 512 cm³/mol. The topological polar surface area (TPSA) is 657 Å². The van der Waals surface area contributed by atoms with E-state index in [0.717, 1.165) is 53.6 Å². The second kappa shape index (κ2) is 56.4. The molecule has 0 radical (unpaired) electrons. The highest BCUT2D eigenvalue weighted by Crippen LogP contribution is 2.24. The van der Waals surface area contributed by atoms with Crippen molar-refractivity contribution in [3.8, 4) is 11.5 Å². The first-order chi connectivity index (χ1) is 64.0. The van der Waals surface area contributed by atoms with E-state index in [2.05, 4.69) is 85.1 Å². The monoisotopic (exact) mass is 1840 g/mol. The summed E-state index contributed by atoms with van der Waals surface area (Å²) in [4.78, 5) is 150. The molecule has 0 unspecified atom stereocenters. The fourth-order valence-corrected chi connectivity index (χ4v) is 15.9. The first kappa shape index (κ1) is 104. The number of unbranched alkanes of at least 4 members (excludes halogenated alkanes) is 10. The maximum Gasteiger partial charge on any atom is 0.246 e. The number of hydrogen-bond donors (Lipinski definition) is 28. The Hall–Kier alpha value is -14.2. The smallest absolute Gasteiger partial charge is 0.246 e. The van der Waals surface area contributed by atoms with Crippen molar-refractivity contribution in [1.29, 1.82) is 32.5 Å². The number of rotatable bonds is 46. The van der Waals surface area contributed by atoms with Crippen LogP contribution in [-0.4, -0.2) is 242 Å². The normalized spacial score (nSPS) is 18.5. The van der Waals surface area contributed by atoms with Crippen LogP contribution in [0.5, 0.6) is 11.5 Å². The molecule has 2 aliphatic rings. The number of carbonyl (C=O) groups excluding carboxylic acids is 10. The molecule has 2 saturated heterocycles. The van der Waals surface area contributed by atoms with Crippen molar-refractivity contribution in [2.45, 2.75) is 209 Å². The van der Waals surface area contributed by atoms with E-state index in [1.165, 1.54) is 34.1 Å². The molecular weight excluding hydrogens is 1700 g/mol. The lowest BCUT2D eigenvalue weighted by Crippen LogP contribution is -2.59. The number of guanidine groups is 6. The number of aromatic hydroxyl groups is 2. The van der Waals surface area contributed by atoms with Gasteiger partial charge in [0.25, 0.3) is 0 Å². The van der Waals surface area contributed by atoms with Crippen LogP contribution < -0.4 is 108 Å². The lowest BCUT2D eigenvalue weighted by atomic mass is 10.00. The van der Waals surface area contributed by atoms with Crippen LogP contribution in [0.1, 0.15) is 157 Å². The van der Waals surface area contributed by atoms with Gasteiger partial charge in [-0.05, 0) is 158 Å². The fourth-order valence-electron chi connectivity index (χ4n) is 15.9. The summed E-state index contributed by atoms with van der Waals surface area (Å²) in [5, 5.41) is 118. The molecule has 6 aromatic carbocycles. The molecule has 8 rings (SSSR count). The average molecular weight is 1840 g/mol. The Morgan fingerprint density at radius 2 is 0.586 bits per heavy atom. The average Bonchev–Trinajstić information content (AvgIpc) is 1.81. The molecule has 0 saturated carbocycles. The van der Waals surface area contributed by atoms with E-state index >= 15 is 19.2 Å². The number of hydrogen-bond acceptors (Lipinski definition) is 18. The zero-order valence-corrected chi connectivity index (χ0v) is 75.7. The number of nitrogens with zero attached hydrogens (tertiary/aromatic N) is 2. The number of amides is 10. The quantitative estimate of drug-likeness (QED) is 0.0147. The van der Waals surface area contributed by atoms with Crippen molar-refractivity contribution in [2.75, 3.05) is 78.5 Å². The summed E-state index contributed by atoms with van der Waals surface area (Å²) >= 11 is 0. The van der Waals surface area contributed by atoms with Gasteiger partial charge in [0.2, 0.25) is 59.1 Å². The Morgan fingerprint density at radius 1 is 0.301 bits per heavy atom. The van der Waals surface area contributed by atoms with E-state index < -0.39 is 120 Å². The largest absolute Gasteiger partial charge is 0.508 e. The van der Waals surface area contributed by atoms with E-state index in [4.69, 9.17) is 55.4 Å². The van der Waals surface area contributed by atoms with Crippen LogP contribution in [0.15, 0.2) is 133 Å². The molecule has 6 aromatic rings. The van der Waals surface area contributed by atoms with Crippen LogP contribution in [0, 0.1) is 32.5 Å². The summed E-state index contributed by atoms with van der Waals surface area (Å²) in [6.45, 7) is 1.63. The van der Waals surface area contributed by atoms with Gasteiger partial charge in [-0.15, -0.1) is 0 Å². The van der Waals surface area contributed by atoms with E-state index in [-0.39, 0.29) is 164 Å². The molecule has 2 fully saturated rings. The van der Waals surface area contributed by atoms with E-state index in [1.807, 2.05) is 84.9 Å². The van der Waals surface area contributed by atoms with Crippen molar-refractivity contribution >= 4 is 116 Å². The second-order valence-corrected chi connectivity index (χ2v) is 33.5. The molecule has 720 valence electrons. The maximum absolute atomic E-state index is 15.4. The molecule has 8 atom stereocenters. The molecule has 40 heteroatoms. The highest BCUT2D eigenvalue weighted by molar-refractivity contribution is 6.00. The third kappa shape index (κ3) is 38.0. The number of phenols is 2. The zero-order valence-electron chi connectivity index (χ0n) is 75.7. The van der Waals surface area contributed by atoms with Crippen molar-refractivity contribution in [3.63, 3.8) is 0 Å². The van der Waals surface area contributed by atoms with Crippen LogP contribution >= 0.6 is 0 Å². The van der Waals surface area contributed by atoms with Crippen LogP contribution in [0.2, 0.25) is 0 Å². The third-order valence-corrected chi connectivity index (χ3v) is 23.0. The summed E-state index contributed by atoms with van der Waals surface area (Å²) in [5.41, 5.74) is 25.1. The van der Waals surface area contributed by atoms with Gasteiger partial charge in [-0.2, -0.15) is 0 Å². The Bertz CT molecular complexity index is 4590. The lowest BCUT2D eigenvalue weighted by molar-refractivity contribution is -0.144. The zero-order chi connectivity index (χ0) is 95.8. The molecule has 0 aromatic heterocycles. The van der Waals surface area contributed by atoms with Gasteiger partial charge in [0, 0.05) is 91.1 Å². The third-order valence-electron chi connectivity index (χ3n) is 23.0. The van der Waals surface area contributed by atoms with Crippen LogP contribution in [0.3, 0.4) is 0 Å².